The van der Waals surface area contributed by atoms with Crippen LogP contribution in [0.4, 0.5) is 0 Å². The number of carbonyl (C=O) groups is 3. The van der Waals surface area contributed by atoms with Crippen molar-refractivity contribution in [1.82, 2.24) is 0 Å². The summed E-state index contributed by atoms with van der Waals surface area (Å²) in [4.78, 5) is 38.4. The molecular weight excluding hydrogens is 1010 g/mol. The summed E-state index contributed by atoms with van der Waals surface area (Å²) in [5, 5.41) is 0. The largest absolute Gasteiger partial charge is 0.462 e. The van der Waals surface area contributed by atoms with Gasteiger partial charge in [-0.1, -0.05) is 297 Å². The number of unbranched alkanes of at least 4 members (excludes halogenated alkanes) is 34. The van der Waals surface area contributed by atoms with E-state index in [0.29, 0.717) is 19.3 Å². The van der Waals surface area contributed by atoms with Gasteiger partial charge in [-0.2, -0.15) is 0 Å². The molecule has 0 aliphatic carbocycles. The van der Waals surface area contributed by atoms with Crippen molar-refractivity contribution >= 4 is 17.9 Å². The van der Waals surface area contributed by atoms with Gasteiger partial charge < -0.3 is 14.2 Å². The fourth-order valence-corrected chi connectivity index (χ4v) is 9.77. The second-order valence-electron chi connectivity index (χ2n) is 23.1. The van der Waals surface area contributed by atoms with Gasteiger partial charge in [-0.05, 0) is 128 Å². The Kier molecular flexibility index (Phi) is 66.2. The van der Waals surface area contributed by atoms with E-state index < -0.39 is 6.10 Å². The second-order valence-corrected chi connectivity index (χ2v) is 23.1. The molecule has 0 saturated carbocycles. The Morgan fingerprint density at radius 2 is 0.476 bits per heavy atom. The topological polar surface area (TPSA) is 78.9 Å². The molecule has 0 fully saturated rings. The SMILES string of the molecule is CC/C=C\C/C=C\C/C=C\C/C=C\C/C=C\CCCCCCCCCCCC(=O)OCC(COC(=O)CCCCCCC/C=C\CCCCCCC)OC(=O)CCCCCCCCCCCC/C=C\C/C=C\C/C=C\CCCCCCC. The van der Waals surface area contributed by atoms with Crippen LogP contribution in [0.5, 0.6) is 0 Å². The van der Waals surface area contributed by atoms with E-state index in [1.165, 1.54) is 180 Å². The molecule has 0 aromatic heterocycles. The van der Waals surface area contributed by atoms with E-state index in [0.717, 1.165) is 116 Å². The lowest BCUT2D eigenvalue weighted by atomic mass is 10.0. The molecule has 0 spiro atoms. The van der Waals surface area contributed by atoms with Gasteiger partial charge in [-0.25, -0.2) is 0 Å². The highest BCUT2D eigenvalue weighted by Crippen LogP contribution is 2.16. The van der Waals surface area contributed by atoms with Crippen LogP contribution in [0.1, 0.15) is 335 Å². The van der Waals surface area contributed by atoms with E-state index in [1.54, 1.807) is 0 Å². The van der Waals surface area contributed by atoms with Gasteiger partial charge in [0.2, 0.25) is 0 Å². The van der Waals surface area contributed by atoms with Crippen molar-refractivity contribution in [2.75, 3.05) is 13.2 Å². The Morgan fingerprint density at radius 1 is 0.256 bits per heavy atom. The summed E-state index contributed by atoms with van der Waals surface area (Å²) in [6.07, 6.45) is 95.3. The molecule has 0 saturated heterocycles. The zero-order valence-corrected chi connectivity index (χ0v) is 54.0. The lowest BCUT2D eigenvalue weighted by molar-refractivity contribution is -0.167. The van der Waals surface area contributed by atoms with Gasteiger partial charge in [-0.3, -0.25) is 14.4 Å². The van der Waals surface area contributed by atoms with Crippen LogP contribution in [0.25, 0.3) is 0 Å². The molecule has 0 aliphatic heterocycles. The number of esters is 3. The highest BCUT2D eigenvalue weighted by Gasteiger charge is 2.19. The Morgan fingerprint density at radius 3 is 0.756 bits per heavy atom. The Bertz CT molecular complexity index is 1640. The first-order chi connectivity index (χ1) is 40.5. The molecule has 470 valence electrons. The maximum Gasteiger partial charge on any atom is 0.306 e. The third-order valence-corrected chi connectivity index (χ3v) is 15.0. The minimum Gasteiger partial charge on any atom is -0.462 e. The Labute approximate surface area is 508 Å². The molecule has 0 aromatic carbocycles. The van der Waals surface area contributed by atoms with Gasteiger partial charge in [0.1, 0.15) is 13.2 Å². The van der Waals surface area contributed by atoms with Crippen molar-refractivity contribution in [3.05, 3.63) is 109 Å². The van der Waals surface area contributed by atoms with Crippen LogP contribution < -0.4 is 0 Å². The zero-order valence-electron chi connectivity index (χ0n) is 54.0. The maximum absolute atomic E-state index is 13.0. The molecule has 0 rings (SSSR count). The average Bonchev–Trinajstić information content (AvgIpc) is 3.47. The van der Waals surface area contributed by atoms with Crippen molar-refractivity contribution in [1.29, 1.82) is 0 Å². The molecule has 0 radical (unpaired) electrons. The van der Waals surface area contributed by atoms with Gasteiger partial charge >= 0.3 is 17.9 Å². The van der Waals surface area contributed by atoms with E-state index in [2.05, 4.69) is 130 Å². The molecule has 1 unspecified atom stereocenters. The van der Waals surface area contributed by atoms with Crippen LogP contribution in [-0.4, -0.2) is 37.2 Å². The predicted octanol–water partition coefficient (Wildman–Crippen LogP) is 24.2. The van der Waals surface area contributed by atoms with Crippen molar-refractivity contribution in [3.8, 4) is 0 Å². The summed E-state index contributed by atoms with van der Waals surface area (Å²) in [6.45, 7) is 6.52. The predicted molar refractivity (Wildman–Crippen MR) is 357 cm³/mol. The van der Waals surface area contributed by atoms with Crippen molar-refractivity contribution in [2.24, 2.45) is 0 Å². The fraction of sp³-hybridized carbons (Fsp3) is 0.724. The number of hydrogen-bond donors (Lipinski definition) is 0. The zero-order chi connectivity index (χ0) is 59.2. The van der Waals surface area contributed by atoms with Crippen molar-refractivity contribution in [2.45, 2.75) is 341 Å². The fourth-order valence-electron chi connectivity index (χ4n) is 9.77. The highest BCUT2D eigenvalue weighted by molar-refractivity contribution is 5.71. The summed E-state index contributed by atoms with van der Waals surface area (Å²) in [6, 6.07) is 0. The van der Waals surface area contributed by atoms with Crippen LogP contribution in [0.15, 0.2) is 109 Å². The Balaban J connectivity index is 4.35. The van der Waals surface area contributed by atoms with Gasteiger partial charge in [0.25, 0.3) is 0 Å². The minimum absolute atomic E-state index is 0.0851. The van der Waals surface area contributed by atoms with Crippen LogP contribution in [0.3, 0.4) is 0 Å². The molecule has 0 aliphatic rings. The van der Waals surface area contributed by atoms with Crippen LogP contribution in [0, 0.1) is 0 Å². The van der Waals surface area contributed by atoms with Crippen LogP contribution >= 0.6 is 0 Å². The van der Waals surface area contributed by atoms with Crippen LogP contribution in [0.2, 0.25) is 0 Å². The molecule has 82 heavy (non-hydrogen) atoms. The summed E-state index contributed by atoms with van der Waals surface area (Å²) >= 11 is 0. The third kappa shape index (κ3) is 66.9. The smallest absolute Gasteiger partial charge is 0.306 e. The van der Waals surface area contributed by atoms with Crippen LogP contribution in [-0.2, 0) is 28.6 Å². The molecule has 0 amide bonds. The quantitative estimate of drug-likeness (QED) is 0.0261. The highest BCUT2D eigenvalue weighted by atomic mass is 16.6. The molecule has 6 heteroatoms. The van der Waals surface area contributed by atoms with E-state index in [9.17, 15) is 14.4 Å². The number of rotatable bonds is 63. The van der Waals surface area contributed by atoms with Gasteiger partial charge in [0, 0.05) is 19.3 Å². The molecular formula is C76H130O6. The standard InChI is InChI=1S/C76H130O6/c1-4-7-10-13-16-19-22-25-28-30-32-34-36-38-40-42-44-46-48-51-54-57-60-63-66-69-75(78)81-72-73(71-80-74(77)68-65-62-59-56-53-50-27-24-21-18-15-12-9-6-3)82-76(79)70-67-64-61-58-55-52-49-47-45-43-41-39-37-35-33-31-29-26-23-20-17-14-11-8-5-2/h7,10,16,19,23-28,31-34,37-40,73H,4-6,8-9,11-15,17-18,20-22,29-30,35-36,41-72H2,1-3H3/b10-7-,19-16-,26-23-,27-24-,28-25-,33-31-,34-32-,39-37-,40-38-. The van der Waals surface area contributed by atoms with Crippen molar-refractivity contribution < 1.29 is 28.6 Å². The Hall–Kier alpha value is -3.93. The van der Waals surface area contributed by atoms with Gasteiger partial charge in [-0.15, -0.1) is 0 Å². The lowest BCUT2D eigenvalue weighted by Crippen LogP contribution is -2.30. The van der Waals surface area contributed by atoms with E-state index in [4.69, 9.17) is 14.2 Å². The first-order valence-electron chi connectivity index (χ1n) is 34.9. The lowest BCUT2D eigenvalue weighted by Gasteiger charge is -2.18. The molecule has 0 bridgehead atoms. The molecule has 0 N–H and O–H groups in total. The first-order valence-corrected chi connectivity index (χ1v) is 34.9. The summed E-state index contributed by atoms with van der Waals surface area (Å²) in [5.74, 6) is -0.891. The number of allylic oxidation sites excluding steroid dienone is 18. The molecule has 6 nitrogen and oxygen atoms in total. The summed E-state index contributed by atoms with van der Waals surface area (Å²) in [5.41, 5.74) is 0. The monoisotopic (exact) mass is 1140 g/mol. The van der Waals surface area contributed by atoms with Gasteiger partial charge in [0.05, 0.1) is 0 Å². The van der Waals surface area contributed by atoms with Gasteiger partial charge in [0.15, 0.2) is 6.10 Å². The second kappa shape index (κ2) is 69.6. The normalized spacial score (nSPS) is 12.8. The third-order valence-electron chi connectivity index (χ3n) is 15.0. The number of hydrogen-bond acceptors (Lipinski definition) is 6. The summed E-state index contributed by atoms with van der Waals surface area (Å²) < 4.78 is 17.0. The van der Waals surface area contributed by atoms with E-state index in [-0.39, 0.29) is 31.1 Å². The average molecular weight is 1140 g/mol. The van der Waals surface area contributed by atoms with E-state index in [1.807, 2.05) is 0 Å². The molecule has 0 heterocycles. The molecule has 0 aromatic rings. The molecule has 1 atom stereocenters. The summed E-state index contributed by atoms with van der Waals surface area (Å²) in [7, 11) is 0. The number of carbonyl (C=O) groups excluding carboxylic acids is 3. The van der Waals surface area contributed by atoms with E-state index >= 15 is 0 Å². The number of ether oxygens (including phenoxy) is 3. The minimum atomic E-state index is -0.790. The first kappa shape index (κ1) is 78.1. The maximum atomic E-state index is 13.0. The van der Waals surface area contributed by atoms with Crippen molar-refractivity contribution in [3.63, 3.8) is 0 Å².